The number of hydrogen-bond acceptors (Lipinski definition) is 2. The van der Waals surface area contributed by atoms with E-state index in [0.717, 1.165) is 5.56 Å². The van der Waals surface area contributed by atoms with E-state index < -0.39 is 17.5 Å². The summed E-state index contributed by atoms with van der Waals surface area (Å²) in [5, 5.41) is 19.4. The van der Waals surface area contributed by atoms with E-state index in [-0.39, 0.29) is 11.8 Å². The number of aliphatic hydroxyl groups is 1. The standard InChI is InChI=1S/C16H24O3/c1-6-16(19,14(17)18)11(2)12-7-9-13(10-8-12)15(3,4)5/h7-11,19H,6H2,1-5H3,(H,17,18). The van der Waals surface area contributed by atoms with Crippen LogP contribution in [0.2, 0.25) is 0 Å². The zero-order valence-electron chi connectivity index (χ0n) is 12.4. The summed E-state index contributed by atoms with van der Waals surface area (Å²) in [5.74, 6) is -1.61. The smallest absolute Gasteiger partial charge is 0.336 e. The Kier molecular flexibility index (Phi) is 4.41. The number of benzene rings is 1. The molecule has 0 saturated heterocycles. The SMILES string of the molecule is CCC(O)(C(=O)O)C(C)c1ccc(C(C)(C)C)cc1. The molecule has 3 heteroatoms. The lowest BCUT2D eigenvalue weighted by Crippen LogP contribution is -2.42. The van der Waals surface area contributed by atoms with Gasteiger partial charge in [0, 0.05) is 5.92 Å². The van der Waals surface area contributed by atoms with E-state index >= 15 is 0 Å². The van der Waals surface area contributed by atoms with Crippen molar-refractivity contribution in [1.82, 2.24) is 0 Å². The number of carbonyl (C=O) groups is 1. The molecule has 2 atom stereocenters. The Labute approximate surface area is 115 Å². The molecule has 3 nitrogen and oxygen atoms in total. The number of carboxylic acids is 1. The highest BCUT2D eigenvalue weighted by Gasteiger charge is 2.40. The first kappa shape index (κ1) is 15.7. The fourth-order valence-corrected chi connectivity index (χ4v) is 2.19. The average molecular weight is 264 g/mol. The molecule has 2 unspecified atom stereocenters. The fourth-order valence-electron chi connectivity index (χ4n) is 2.19. The van der Waals surface area contributed by atoms with Gasteiger partial charge in [-0.05, 0) is 23.0 Å². The monoisotopic (exact) mass is 264 g/mol. The molecule has 0 aliphatic rings. The third-order valence-electron chi connectivity index (χ3n) is 3.90. The summed E-state index contributed by atoms with van der Waals surface area (Å²) in [7, 11) is 0. The Balaban J connectivity index is 3.08. The van der Waals surface area contributed by atoms with Gasteiger partial charge < -0.3 is 10.2 Å². The van der Waals surface area contributed by atoms with Crippen molar-refractivity contribution in [2.75, 3.05) is 0 Å². The van der Waals surface area contributed by atoms with Crippen LogP contribution in [0, 0.1) is 0 Å². The molecule has 0 saturated carbocycles. The molecule has 0 fully saturated rings. The molecule has 2 N–H and O–H groups in total. The van der Waals surface area contributed by atoms with E-state index in [4.69, 9.17) is 0 Å². The Hall–Kier alpha value is -1.35. The van der Waals surface area contributed by atoms with E-state index in [1.54, 1.807) is 13.8 Å². The molecule has 0 aliphatic heterocycles. The average Bonchev–Trinajstić information content (AvgIpc) is 2.35. The summed E-state index contributed by atoms with van der Waals surface area (Å²) >= 11 is 0. The lowest BCUT2D eigenvalue weighted by molar-refractivity contribution is -0.161. The van der Waals surface area contributed by atoms with Crippen LogP contribution >= 0.6 is 0 Å². The topological polar surface area (TPSA) is 57.5 Å². The molecule has 19 heavy (non-hydrogen) atoms. The summed E-state index contributed by atoms with van der Waals surface area (Å²) in [6, 6.07) is 7.83. The molecule has 1 rings (SSSR count). The Morgan fingerprint density at radius 3 is 2.00 bits per heavy atom. The molecule has 1 aromatic carbocycles. The van der Waals surface area contributed by atoms with Crippen molar-refractivity contribution in [3.63, 3.8) is 0 Å². The van der Waals surface area contributed by atoms with Crippen LogP contribution in [0.15, 0.2) is 24.3 Å². The van der Waals surface area contributed by atoms with Crippen LogP contribution in [0.1, 0.15) is 58.1 Å². The van der Waals surface area contributed by atoms with Gasteiger partial charge in [0.05, 0.1) is 0 Å². The van der Waals surface area contributed by atoms with Crippen LogP contribution in [0.5, 0.6) is 0 Å². The van der Waals surface area contributed by atoms with Crippen LogP contribution in [0.25, 0.3) is 0 Å². The van der Waals surface area contributed by atoms with E-state index in [0.29, 0.717) is 0 Å². The van der Waals surface area contributed by atoms with E-state index in [1.807, 2.05) is 24.3 Å². The molecule has 0 bridgehead atoms. The van der Waals surface area contributed by atoms with Crippen molar-refractivity contribution in [2.45, 2.75) is 58.0 Å². The zero-order valence-corrected chi connectivity index (χ0v) is 12.4. The predicted octanol–water partition coefficient (Wildman–Crippen LogP) is 3.31. The molecule has 0 amide bonds. The predicted molar refractivity (Wildman–Crippen MR) is 76.4 cm³/mol. The molecule has 1 aromatic rings. The number of hydrogen-bond donors (Lipinski definition) is 2. The number of aliphatic carboxylic acids is 1. The van der Waals surface area contributed by atoms with Crippen molar-refractivity contribution < 1.29 is 15.0 Å². The number of rotatable bonds is 4. The molecule has 0 heterocycles. The molecule has 0 radical (unpaired) electrons. The second-order valence-corrected chi connectivity index (χ2v) is 6.18. The van der Waals surface area contributed by atoms with Crippen molar-refractivity contribution in [2.24, 2.45) is 0 Å². The van der Waals surface area contributed by atoms with Gasteiger partial charge in [0.25, 0.3) is 0 Å². The minimum Gasteiger partial charge on any atom is -0.479 e. The second-order valence-electron chi connectivity index (χ2n) is 6.18. The van der Waals surface area contributed by atoms with Gasteiger partial charge in [-0.25, -0.2) is 4.79 Å². The normalized spacial score (nSPS) is 16.7. The highest BCUT2D eigenvalue weighted by molar-refractivity contribution is 5.78. The summed E-state index contributed by atoms with van der Waals surface area (Å²) < 4.78 is 0. The van der Waals surface area contributed by atoms with Gasteiger partial charge >= 0.3 is 5.97 Å². The van der Waals surface area contributed by atoms with E-state index in [9.17, 15) is 15.0 Å². The first-order valence-electron chi connectivity index (χ1n) is 6.69. The van der Waals surface area contributed by atoms with Crippen molar-refractivity contribution in [1.29, 1.82) is 0 Å². The summed E-state index contributed by atoms with van der Waals surface area (Å²) in [6.45, 7) is 9.83. The van der Waals surface area contributed by atoms with Gasteiger partial charge in [0.15, 0.2) is 5.60 Å². The Morgan fingerprint density at radius 2 is 1.68 bits per heavy atom. The van der Waals surface area contributed by atoms with Crippen molar-refractivity contribution in [3.05, 3.63) is 35.4 Å². The summed E-state index contributed by atoms with van der Waals surface area (Å²) in [5.41, 5.74) is 0.400. The van der Waals surface area contributed by atoms with Crippen molar-refractivity contribution in [3.8, 4) is 0 Å². The maximum atomic E-state index is 11.2. The van der Waals surface area contributed by atoms with Crippen LogP contribution < -0.4 is 0 Å². The lowest BCUT2D eigenvalue weighted by atomic mass is 9.80. The minimum absolute atomic E-state index is 0.0651. The molecular weight excluding hydrogens is 240 g/mol. The molecule has 0 aromatic heterocycles. The highest BCUT2D eigenvalue weighted by Crippen LogP contribution is 2.32. The minimum atomic E-state index is -1.71. The summed E-state index contributed by atoms with van der Waals surface area (Å²) in [4.78, 5) is 11.2. The molecule has 0 spiro atoms. The van der Waals surface area contributed by atoms with Crippen LogP contribution in [-0.2, 0) is 10.2 Å². The second kappa shape index (κ2) is 5.33. The largest absolute Gasteiger partial charge is 0.479 e. The first-order valence-corrected chi connectivity index (χ1v) is 6.69. The Morgan fingerprint density at radius 1 is 1.21 bits per heavy atom. The van der Waals surface area contributed by atoms with Gasteiger partial charge in [0.1, 0.15) is 0 Å². The molecule has 106 valence electrons. The highest BCUT2D eigenvalue weighted by atomic mass is 16.4. The van der Waals surface area contributed by atoms with Crippen LogP contribution in [0.3, 0.4) is 0 Å². The zero-order chi connectivity index (χ0) is 14.8. The molecular formula is C16H24O3. The van der Waals surface area contributed by atoms with Gasteiger partial charge in [-0.15, -0.1) is 0 Å². The third kappa shape index (κ3) is 3.16. The van der Waals surface area contributed by atoms with Gasteiger partial charge in [0.2, 0.25) is 0 Å². The first-order chi connectivity index (χ1) is 8.63. The quantitative estimate of drug-likeness (QED) is 0.877. The van der Waals surface area contributed by atoms with Crippen LogP contribution in [0.4, 0.5) is 0 Å². The van der Waals surface area contributed by atoms with Gasteiger partial charge in [-0.2, -0.15) is 0 Å². The third-order valence-corrected chi connectivity index (χ3v) is 3.90. The maximum Gasteiger partial charge on any atom is 0.336 e. The van der Waals surface area contributed by atoms with Crippen molar-refractivity contribution >= 4 is 5.97 Å². The summed E-state index contributed by atoms with van der Waals surface area (Å²) in [6.07, 6.45) is 0.185. The lowest BCUT2D eigenvalue weighted by Gasteiger charge is -2.29. The number of carboxylic acid groups (broad SMARTS) is 1. The van der Waals surface area contributed by atoms with Crippen LogP contribution in [-0.4, -0.2) is 21.8 Å². The maximum absolute atomic E-state index is 11.2. The molecule has 0 aliphatic carbocycles. The van der Waals surface area contributed by atoms with Gasteiger partial charge in [-0.1, -0.05) is 58.9 Å². The van der Waals surface area contributed by atoms with Gasteiger partial charge in [-0.3, -0.25) is 0 Å². The Bertz CT molecular complexity index is 442. The van der Waals surface area contributed by atoms with E-state index in [2.05, 4.69) is 20.8 Å². The van der Waals surface area contributed by atoms with E-state index in [1.165, 1.54) is 5.56 Å². The fraction of sp³-hybridized carbons (Fsp3) is 0.562.